The van der Waals surface area contributed by atoms with Gasteiger partial charge in [-0.2, -0.15) is 0 Å². The lowest BCUT2D eigenvalue weighted by atomic mass is 10.1. The van der Waals surface area contributed by atoms with Gasteiger partial charge in [0, 0.05) is 11.8 Å². The average molecular weight is 282 g/mol. The summed E-state index contributed by atoms with van der Waals surface area (Å²) in [6.45, 7) is 5.95. The van der Waals surface area contributed by atoms with E-state index in [0.717, 1.165) is 11.1 Å². The summed E-state index contributed by atoms with van der Waals surface area (Å²) in [7, 11) is 0. The summed E-state index contributed by atoms with van der Waals surface area (Å²) in [5.74, 6) is 0.649. The van der Waals surface area contributed by atoms with Crippen molar-refractivity contribution in [3.05, 3.63) is 39.8 Å². The van der Waals surface area contributed by atoms with Crippen molar-refractivity contribution in [1.82, 2.24) is 15.0 Å². The first-order valence-corrected chi connectivity index (χ1v) is 6.41. The third-order valence-electron chi connectivity index (χ3n) is 2.65. The van der Waals surface area contributed by atoms with Crippen molar-refractivity contribution in [2.45, 2.75) is 26.7 Å². The van der Waals surface area contributed by atoms with Crippen molar-refractivity contribution in [3.63, 3.8) is 0 Å². The maximum absolute atomic E-state index is 6.17. The Morgan fingerprint density at radius 1 is 1.11 bits per heavy atom. The minimum Gasteiger partial charge on any atom is -0.253 e. The second-order valence-corrected chi connectivity index (χ2v) is 5.08. The largest absolute Gasteiger partial charge is 0.253 e. The Labute approximate surface area is 116 Å². The summed E-state index contributed by atoms with van der Waals surface area (Å²) in [6.07, 6.45) is 1.70. The summed E-state index contributed by atoms with van der Waals surface area (Å²) in [4.78, 5) is 12.9. The fourth-order valence-corrected chi connectivity index (χ4v) is 2.54. The van der Waals surface area contributed by atoms with Crippen LogP contribution in [-0.4, -0.2) is 15.0 Å². The fourth-order valence-electron chi connectivity index (χ4n) is 1.72. The van der Waals surface area contributed by atoms with Crippen molar-refractivity contribution in [3.8, 4) is 11.5 Å². The van der Waals surface area contributed by atoms with E-state index >= 15 is 0 Å². The Morgan fingerprint density at radius 3 is 2.22 bits per heavy atom. The molecule has 2 aromatic heterocycles. The molecule has 0 atom stereocenters. The summed E-state index contributed by atoms with van der Waals surface area (Å²) in [5.41, 5.74) is 2.47. The van der Waals surface area contributed by atoms with Crippen LogP contribution in [0.5, 0.6) is 0 Å². The molecule has 5 heteroatoms. The van der Waals surface area contributed by atoms with Gasteiger partial charge in [0.15, 0.2) is 5.82 Å². The minimum atomic E-state index is 0.184. The molecule has 94 valence electrons. The normalized spacial score (nSPS) is 11.0. The smallest absolute Gasteiger partial charge is 0.181 e. The average Bonchev–Trinajstić information content (AvgIpc) is 2.27. The van der Waals surface area contributed by atoms with Crippen molar-refractivity contribution in [1.29, 1.82) is 0 Å². The molecule has 0 amide bonds. The van der Waals surface area contributed by atoms with Crippen LogP contribution in [0.3, 0.4) is 0 Å². The van der Waals surface area contributed by atoms with E-state index in [2.05, 4.69) is 15.0 Å². The van der Waals surface area contributed by atoms with Crippen molar-refractivity contribution < 1.29 is 0 Å². The Morgan fingerprint density at radius 2 is 1.72 bits per heavy atom. The second-order valence-electron chi connectivity index (χ2n) is 4.37. The molecule has 2 heterocycles. The number of rotatable bonds is 2. The molecule has 0 fully saturated rings. The number of aromatic nitrogens is 3. The van der Waals surface area contributed by atoms with Crippen LogP contribution in [0, 0.1) is 6.92 Å². The molecule has 0 aliphatic carbocycles. The van der Waals surface area contributed by atoms with Gasteiger partial charge in [-0.05, 0) is 24.5 Å². The third kappa shape index (κ3) is 2.47. The van der Waals surface area contributed by atoms with Crippen LogP contribution in [0.2, 0.25) is 10.3 Å². The predicted molar refractivity (Wildman–Crippen MR) is 74.1 cm³/mol. The number of pyridine rings is 1. The maximum atomic E-state index is 6.17. The molecule has 2 aromatic rings. The highest BCUT2D eigenvalue weighted by atomic mass is 35.5. The SMILES string of the molecule is Cc1cccnc1-c1nc(Cl)c(C(C)C)c(Cl)n1. The molecule has 0 spiro atoms. The molecule has 0 bridgehead atoms. The van der Waals surface area contributed by atoms with Crippen LogP contribution in [0.4, 0.5) is 0 Å². The molecule has 0 saturated carbocycles. The van der Waals surface area contributed by atoms with Gasteiger partial charge in [0.05, 0.1) is 0 Å². The molecule has 0 aromatic carbocycles. The van der Waals surface area contributed by atoms with Gasteiger partial charge in [-0.25, -0.2) is 9.97 Å². The van der Waals surface area contributed by atoms with E-state index in [1.165, 1.54) is 0 Å². The van der Waals surface area contributed by atoms with E-state index in [1.807, 2.05) is 32.9 Å². The Kier molecular flexibility index (Phi) is 3.83. The standard InChI is InChI=1S/C13H13Cl2N3/c1-7(2)9-11(14)17-13(18-12(9)15)10-8(3)5-4-6-16-10/h4-7H,1-3H3. The summed E-state index contributed by atoms with van der Waals surface area (Å²) in [6, 6.07) is 3.81. The Balaban J connectivity index is 2.59. The van der Waals surface area contributed by atoms with Crippen molar-refractivity contribution >= 4 is 23.2 Å². The Bertz CT molecular complexity index is 559. The van der Waals surface area contributed by atoms with Gasteiger partial charge in [0.2, 0.25) is 0 Å². The molecule has 0 N–H and O–H groups in total. The van der Waals surface area contributed by atoms with E-state index in [0.29, 0.717) is 21.8 Å². The molecule has 3 nitrogen and oxygen atoms in total. The molecular formula is C13H13Cl2N3. The highest BCUT2D eigenvalue weighted by Gasteiger charge is 2.16. The summed E-state index contributed by atoms with van der Waals surface area (Å²) in [5, 5.41) is 0.787. The van der Waals surface area contributed by atoms with Crippen LogP contribution >= 0.6 is 23.2 Å². The molecule has 0 unspecified atom stereocenters. The highest BCUT2D eigenvalue weighted by Crippen LogP contribution is 2.31. The van der Waals surface area contributed by atoms with Gasteiger partial charge in [-0.3, -0.25) is 4.98 Å². The van der Waals surface area contributed by atoms with Crippen LogP contribution in [-0.2, 0) is 0 Å². The minimum absolute atomic E-state index is 0.184. The number of hydrogen-bond donors (Lipinski definition) is 0. The summed E-state index contributed by atoms with van der Waals surface area (Å²) >= 11 is 12.3. The second kappa shape index (κ2) is 5.21. The van der Waals surface area contributed by atoms with Gasteiger partial charge in [0.25, 0.3) is 0 Å². The predicted octanol–water partition coefficient (Wildman–Crippen LogP) is 4.28. The summed E-state index contributed by atoms with van der Waals surface area (Å²) < 4.78 is 0. The molecule has 0 radical (unpaired) electrons. The zero-order valence-corrected chi connectivity index (χ0v) is 11.9. The van der Waals surface area contributed by atoms with Gasteiger partial charge < -0.3 is 0 Å². The lowest BCUT2D eigenvalue weighted by molar-refractivity contribution is 0.847. The Hall–Kier alpha value is -1.19. The first kappa shape index (κ1) is 13.2. The molecule has 2 rings (SSSR count). The third-order valence-corrected chi connectivity index (χ3v) is 3.23. The van der Waals surface area contributed by atoms with Gasteiger partial charge >= 0.3 is 0 Å². The first-order chi connectivity index (χ1) is 8.50. The quantitative estimate of drug-likeness (QED) is 0.772. The van der Waals surface area contributed by atoms with Crippen LogP contribution in [0.15, 0.2) is 18.3 Å². The first-order valence-electron chi connectivity index (χ1n) is 5.65. The van der Waals surface area contributed by atoms with Gasteiger partial charge in [0.1, 0.15) is 16.0 Å². The van der Waals surface area contributed by atoms with E-state index in [4.69, 9.17) is 23.2 Å². The molecule has 18 heavy (non-hydrogen) atoms. The molecule has 0 saturated heterocycles. The fraction of sp³-hybridized carbons (Fsp3) is 0.308. The zero-order valence-electron chi connectivity index (χ0n) is 10.4. The number of nitrogens with zero attached hydrogens (tertiary/aromatic N) is 3. The van der Waals surface area contributed by atoms with Crippen LogP contribution < -0.4 is 0 Å². The van der Waals surface area contributed by atoms with Crippen molar-refractivity contribution in [2.24, 2.45) is 0 Å². The van der Waals surface area contributed by atoms with E-state index < -0.39 is 0 Å². The van der Waals surface area contributed by atoms with Gasteiger partial charge in [-0.1, -0.05) is 43.1 Å². The van der Waals surface area contributed by atoms with Crippen molar-refractivity contribution in [2.75, 3.05) is 0 Å². The lowest BCUT2D eigenvalue weighted by Crippen LogP contribution is -2.01. The molecular weight excluding hydrogens is 269 g/mol. The molecule has 0 aliphatic rings. The number of hydrogen-bond acceptors (Lipinski definition) is 3. The number of aryl methyl sites for hydroxylation is 1. The topological polar surface area (TPSA) is 38.7 Å². The van der Waals surface area contributed by atoms with E-state index in [1.54, 1.807) is 6.20 Å². The monoisotopic (exact) mass is 281 g/mol. The van der Waals surface area contributed by atoms with Gasteiger partial charge in [-0.15, -0.1) is 0 Å². The lowest BCUT2D eigenvalue weighted by Gasteiger charge is -2.11. The van der Waals surface area contributed by atoms with Crippen LogP contribution in [0.25, 0.3) is 11.5 Å². The highest BCUT2D eigenvalue weighted by molar-refractivity contribution is 6.34. The zero-order chi connectivity index (χ0) is 13.3. The van der Waals surface area contributed by atoms with E-state index in [9.17, 15) is 0 Å². The molecule has 0 aliphatic heterocycles. The van der Waals surface area contributed by atoms with Crippen LogP contribution in [0.1, 0.15) is 30.9 Å². The number of halogens is 2. The van der Waals surface area contributed by atoms with E-state index in [-0.39, 0.29) is 5.92 Å². The maximum Gasteiger partial charge on any atom is 0.181 e.